The molecule has 0 saturated carbocycles. The van der Waals surface area contributed by atoms with E-state index >= 15 is 0 Å². The third kappa shape index (κ3) is 4.24. The highest BCUT2D eigenvalue weighted by Crippen LogP contribution is 2.45. The number of benzene rings is 8. The molecular formula is C44H28O. The van der Waals surface area contributed by atoms with Crippen molar-refractivity contribution in [2.45, 2.75) is 0 Å². The average Bonchev–Trinajstić information content (AvgIpc) is 3.71. The molecule has 0 radical (unpaired) electrons. The van der Waals surface area contributed by atoms with E-state index in [1.54, 1.807) is 48.5 Å². The summed E-state index contributed by atoms with van der Waals surface area (Å²) >= 11 is 0. The molecule has 0 spiro atoms. The zero-order valence-electron chi connectivity index (χ0n) is 43.0. The number of rotatable bonds is 4. The van der Waals surface area contributed by atoms with Crippen molar-refractivity contribution in [3.63, 3.8) is 0 Å². The monoisotopic (exact) mass is 592 g/mol. The summed E-state index contributed by atoms with van der Waals surface area (Å²) in [6.07, 6.45) is 0. The SMILES string of the molecule is [2H]c1c([2H])c([2H])c(-c2c([2H])c([2H])c([2H])c(-c3c4ccccc4c(-c4c([2H])c([2H])c5c(oc6c([2H])c([2H])c(-c7c([2H])c([2H])c([2H])c([2H])c7[2H])c([2H])c65)c4[2H])c4ccccc34)c2[2H])c([2H])c1[2H]. The molecule has 210 valence electrons. The van der Waals surface area contributed by atoms with Gasteiger partial charge in [0.15, 0.2) is 0 Å². The minimum Gasteiger partial charge on any atom is -0.456 e. The first-order chi connectivity index (χ1) is 30.7. The molecule has 0 unspecified atom stereocenters. The zero-order valence-corrected chi connectivity index (χ0v) is 23.0. The van der Waals surface area contributed by atoms with E-state index in [4.69, 9.17) is 25.0 Å². The van der Waals surface area contributed by atoms with Crippen LogP contribution in [0.2, 0.25) is 0 Å². The van der Waals surface area contributed by atoms with E-state index in [-0.39, 0.29) is 38.6 Å². The van der Waals surface area contributed by atoms with Crippen LogP contribution in [0.15, 0.2) is 174 Å². The predicted octanol–water partition coefficient (Wildman–Crippen LogP) is 12.6. The molecule has 45 heavy (non-hydrogen) atoms. The van der Waals surface area contributed by atoms with Gasteiger partial charge in [-0.3, -0.25) is 0 Å². The molecule has 9 aromatic rings. The first-order valence-electron chi connectivity index (χ1n) is 23.8. The van der Waals surface area contributed by atoms with Crippen molar-refractivity contribution in [3.05, 3.63) is 169 Å². The second kappa shape index (κ2) is 10.4. The summed E-state index contributed by atoms with van der Waals surface area (Å²) in [5.74, 6) is 0. The molecule has 0 saturated heterocycles. The van der Waals surface area contributed by atoms with Gasteiger partial charge in [-0.15, -0.1) is 0 Å². The maximum Gasteiger partial charge on any atom is 0.136 e. The standard InChI is InChI=1S/C44H28O/c1-3-12-29(13-4-1)31-16-11-17-33(26-31)43-36-18-7-9-20-38(36)44(39-21-10-8-19-37(39)43)34-22-24-35-40-27-32(30-14-5-2-6-15-30)23-25-41(40)45-42(35)28-34/h1-28H/i1D,2D,3D,4D,5D,6D,11D,12D,13D,14D,15D,16D,17D,22D,23D,24D,25D,26D,27D,28D. The van der Waals surface area contributed by atoms with Crippen LogP contribution < -0.4 is 0 Å². The van der Waals surface area contributed by atoms with Crippen molar-refractivity contribution in [1.82, 2.24) is 0 Å². The third-order valence-corrected chi connectivity index (χ3v) is 7.57. The lowest BCUT2D eigenvalue weighted by Gasteiger charge is -2.18. The van der Waals surface area contributed by atoms with Gasteiger partial charge in [0.25, 0.3) is 0 Å². The molecule has 9 rings (SSSR count). The Labute approximate surface area is 289 Å². The Morgan fingerprint density at radius 2 is 0.822 bits per heavy atom. The van der Waals surface area contributed by atoms with E-state index in [2.05, 4.69) is 0 Å². The Hall–Kier alpha value is -5.92. The maximum absolute atomic E-state index is 9.63. The van der Waals surface area contributed by atoms with Crippen LogP contribution in [0, 0.1) is 0 Å². The first kappa shape index (κ1) is 12.6. The van der Waals surface area contributed by atoms with Gasteiger partial charge in [-0.2, -0.15) is 0 Å². The van der Waals surface area contributed by atoms with Crippen LogP contribution in [0.3, 0.4) is 0 Å². The molecule has 8 aromatic carbocycles. The molecule has 1 heterocycles. The van der Waals surface area contributed by atoms with Gasteiger partial charge in [0.05, 0.1) is 27.4 Å². The first-order valence-corrected chi connectivity index (χ1v) is 13.8. The number of hydrogen-bond donors (Lipinski definition) is 0. The lowest BCUT2D eigenvalue weighted by atomic mass is 9.85. The van der Waals surface area contributed by atoms with E-state index in [0.29, 0.717) is 21.5 Å². The predicted molar refractivity (Wildman–Crippen MR) is 190 cm³/mol. The fourth-order valence-corrected chi connectivity index (χ4v) is 5.65. The largest absolute Gasteiger partial charge is 0.456 e. The molecule has 0 aliphatic carbocycles. The molecular weight excluding hydrogens is 544 g/mol. The third-order valence-electron chi connectivity index (χ3n) is 7.57. The van der Waals surface area contributed by atoms with Crippen molar-refractivity contribution in [3.8, 4) is 44.5 Å². The molecule has 0 fully saturated rings. The van der Waals surface area contributed by atoms with E-state index in [0.717, 1.165) is 0 Å². The second-order valence-electron chi connectivity index (χ2n) is 10.1. The summed E-state index contributed by atoms with van der Waals surface area (Å²) in [5, 5.41) is 0.727. The van der Waals surface area contributed by atoms with Crippen LogP contribution in [0.1, 0.15) is 27.4 Å². The highest BCUT2D eigenvalue weighted by molar-refractivity contribution is 6.22. The summed E-state index contributed by atoms with van der Waals surface area (Å²) in [6.45, 7) is 0. The van der Waals surface area contributed by atoms with Crippen LogP contribution in [0.25, 0.3) is 88.0 Å². The molecule has 0 amide bonds. The molecule has 0 atom stereocenters. The fourth-order valence-electron chi connectivity index (χ4n) is 5.65. The highest BCUT2D eigenvalue weighted by atomic mass is 16.3. The van der Waals surface area contributed by atoms with Crippen LogP contribution in [-0.4, -0.2) is 0 Å². The van der Waals surface area contributed by atoms with Crippen molar-refractivity contribution in [2.75, 3.05) is 0 Å². The van der Waals surface area contributed by atoms with Crippen LogP contribution in [-0.2, 0) is 0 Å². The van der Waals surface area contributed by atoms with Crippen molar-refractivity contribution >= 4 is 43.5 Å². The Morgan fingerprint density at radius 1 is 0.333 bits per heavy atom. The molecule has 0 aliphatic heterocycles. The van der Waals surface area contributed by atoms with Gasteiger partial charge in [-0.25, -0.2) is 0 Å². The normalized spacial score (nSPS) is 17.8. The second-order valence-corrected chi connectivity index (χ2v) is 10.1. The number of hydrogen-bond acceptors (Lipinski definition) is 1. The van der Waals surface area contributed by atoms with Crippen LogP contribution in [0.4, 0.5) is 0 Å². The molecule has 1 nitrogen and oxygen atoms in total. The number of furan rings is 1. The van der Waals surface area contributed by atoms with Gasteiger partial charge in [-0.05, 0) is 96.3 Å². The summed E-state index contributed by atoms with van der Waals surface area (Å²) in [7, 11) is 0. The van der Waals surface area contributed by atoms with Crippen molar-refractivity contribution < 1.29 is 31.8 Å². The van der Waals surface area contributed by atoms with Gasteiger partial charge in [0, 0.05) is 10.8 Å². The fraction of sp³-hybridized carbons (Fsp3) is 0. The van der Waals surface area contributed by atoms with Crippen LogP contribution >= 0.6 is 0 Å². The highest BCUT2D eigenvalue weighted by Gasteiger charge is 2.18. The van der Waals surface area contributed by atoms with E-state index in [1.165, 1.54) is 0 Å². The van der Waals surface area contributed by atoms with Crippen LogP contribution in [0.5, 0.6) is 0 Å². The quantitative estimate of drug-likeness (QED) is 0.185. The topological polar surface area (TPSA) is 13.1 Å². The average molecular weight is 593 g/mol. The van der Waals surface area contributed by atoms with Crippen molar-refractivity contribution in [2.24, 2.45) is 0 Å². The zero-order chi connectivity index (χ0) is 47.1. The van der Waals surface area contributed by atoms with E-state index in [1.807, 2.05) is 0 Å². The molecule has 0 N–H and O–H groups in total. The Bertz CT molecular complexity index is 3550. The summed E-state index contributed by atoms with van der Waals surface area (Å²) in [4.78, 5) is 0. The summed E-state index contributed by atoms with van der Waals surface area (Å²) in [5.41, 5.74) is -2.65. The molecule has 0 aliphatic rings. The lowest BCUT2D eigenvalue weighted by Crippen LogP contribution is -1.91. The van der Waals surface area contributed by atoms with Gasteiger partial charge < -0.3 is 4.42 Å². The minimum absolute atomic E-state index is 0.143. The lowest BCUT2D eigenvalue weighted by molar-refractivity contribution is 0.669. The molecule has 1 aromatic heterocycles. The Kier molecular flexibility index (Phi) is 2.90. The Balaban J connectivity index is 1.39. The van der Waals surface area contributed by atoms with Gasteiger partial charge >= 0.3 is 0 Å². The van der Waals surface area contributed by atoms with Gasteiger partial charge in [0.1, 0.15) is 11.2 Å². The van der Waals surface area contributed by atoms with Gasteiger partial charge in [-0.1, -0.05) is 139 Å². The molecule has 0 bridgehead atoms. The smallest absolute Gasteiger partial charge is 0.136 e. The summed E-state index contributed by atoms with van der Waals surface area (Å²) in [6, 6.07) is -0.0852. The maximum atomic E-state index is 9.63. The number of fused-ring (bicyclic) bond motifs is 5. The minimum atomic E-state index is -0.734. The summed E-state index contributed by atoms with van der Waals surface area (Å²) < 4.78 is 182. The molecule has 1 heteroatoms. The van der Waals surface area contributed by atoms with E-state index < -0.39 is 149 Å². The van der Waals surface area contributed by atoms with Crippen molar-refractivity contribution in [1.29, 1.82) is 0 Å². The van der Waals surface area contributed by atoms with E-state index in [9.17, 15) is 6.85 Å². The Morgan fingerprint density at radius 3 is 1.42 bits per heavy atom. The van der Waals surface area contributed by atoms with Gasteiger partial charge in [0.2, 0.25) is 0 Å².